The number of fused-ring (bicyclic) bond motifs is 5. The maximum absolute atomic E-state index is 14.3. The number of aromatic nitrogens is 2. The Balaban J connectivity index is 1.66. The second-order valence-corrected chi connectivity index (χ2v) is 8.96. The molecule has 0 radical (unpaired) electrons. The van der Waals surface area contributed by atoms with Crippen molar-refractivity contribution in [3.8, 4) is 11.3 Å². The summed E-state index contributed by atoms with van der Waals surface area (Å²) in [5, 5.41) is 12.5. The molecule has 2 aromatic rings. The highest BCUT2D eigenvalue weighted by atomic mass is 19.1. The van der Waals surface area contributed by atoms with Crippen molar-refractivity contribution in [3.05, 3.63) is 47.2 Å². The largest absolute Gasteiger partial charge is 0.316 e. The lowest BCUT2D eigenvalue weighted by molar-refractivity contribution is 0.105. The van der Waals surface area contributed by atoms with Crippen LogP contribution in [0.4, 0.5) is 8.78 Å². The van der Waals surface area contributed by atoms with Crippen LogP contribution in [0.25, 0.3) is 11.3 Å². The lowest BCUT2D eigenvalue weighted by atomic mass is 9.59. The van der Waals surface area contributed by atoms with Crippen molar-refractivity contribution in [3.63, 3.8) is 0 Å². The third kappa shape index (κ3) is 2.15. The number of halogens is 2. The van der Waals surface area contributed by atoms with Crippen LogP contribution in [0.1, 0.15) is 56.7 Å². The van der Waals surface area contributed by atoms with E-state index in [1.807, 2.05) is 6.07 Å². The van der Waals surface area contributed by atoms with Gasteiger partial charge in [0.05, 0.1) is 17.0 Å². The van der Waals surface area contributed by atoms with Crippen molar-refractivity contribution >= 4 is 0 Å². The highest BCUT2D eigenvalue weighted by Gasteiger charge is 2.65. The molecule has 3 nitrogen and oxygen atoms in total. The van der Waals surface area contributed by atoms with Crippen LogP contribution in [-0.4, -0.2) is 23.3 Å². The molecule has 5 heteroatoms. The van der Waals surface area contributed by atoms with Crippen molar-refractivity contribution in [1.82, 2.24) is 15.5 Å². The van der Waals surface area contributed by atoms with Crippen LogP contribution in [0.2, 0.25) is 0 Å². The minimum atomic E-state index is -0.585. The number of rotatable bonds is 2. The average molecular weight is 369 g/mol. The number of nitrogens with one attached hydrogen (secondary N) is 1. The smallest absolute Gasteiger partial charge is 0.135 e. The van der Waals surface area contributed by atoms with E-state index in [1.165, 1.54) is 31.0 Å². The Morgan fingerprint density at radius 3 is 2.59 bits per heavy atom. The van der Waals surface area contributed by atoms with Crippen molar-refractivity contribution in [2.75, 3.05) is 13.1 Å². The molecule has 3 aliphatic rings. The van der Waals surface area contributed by atoms with E-state index in [0.717, 1.165) is 37.2 Å². The van der Waals surface area contributed by atoms with Crippen molar-refractivity contribution in [2.45, 2.75) is 50.9 Å². The molecule has 1 saturated heterocycles. The first-order valence-corrected chi connectivity index (χ1v) is 10.00. The number of nitrogens with zero attached hydrogens (tertiary/aromatic N) is 2. The van der Waals surface area contributed by atoms with E-state index in [2.05, 4.69) is 29.4 Å². The fourth-order valence-electron chi connectivity index (χ4n) is 6.41. The molecule has 142 valence electrons. The van der Waals surface area contributed by atoms with Gasteiger partial charge in [0.15, 0.2) is 0 Å². The van der Waals surface area contributed by atoms with Gasteiger partial charge in [0.2, 0.25) is 0 Å². The summed E-state index contributed by atoms with van der Waals surface area (Å²) in [6.45, 7) is 6.80. The number of hydrogen-bond donors (Lipinski definition) is 1. The summed E-state index contributed by atoms with van der Waals surface area (Å²) in [5.41, 5.74) is 2.58. The number of benzene rings is 1. The third-order valence-corrected chi connectivity index (χ3v) is 7.68. The van der Waals surface area contributed by atoms with E-state index in [9.17, 15) is 8.78 Å². The molecule has 0 amide bonds. The van der Waals surface area contributed by atoms with Crippen LogP contribution < -0.4 is 5.32 Å². The van der Waals surface area contributed by atoms with Crippen LogP contribution >= 0.6 is 0 Å². The van der Waals surface area contributed by atoms with Gasteiger partial charge in [0.1, 0.15) is 11.6 Å². The predicted octanol–water partition coefficient (Wildman–Crippen LogP) is 4.58. The van der Waals surface area contributed by atoms with E-state index in [0.29, 0.717) is 17.5 Å². The highest BCUT2D eigenvalue weighted by Crippen LogP contribution is 2.70. The van der Waals surface area contributed by atoms with Crippen molar-refractivity contribution in [2.24, 2.45) is 11.3 Å². The Morgan fingerprint density at radius 1 is 1.11 bits per heavy atom. The summed E-state index contributed by atoms with van der Waals surface area (Å²) in [5.74, 6) is -0.257. The predicted molar refractivity (Wildman–Crippen MR) is 100 cm³/mol. The van der Waals surface area contributed by atoms with Crippen LogP contribution in [-0.2, 0) is 5.41 Å². The zero-order chi connectivity index (χ0) is 18.8. The molecule has 0 spiro atoms. The lowest BCUT2D eigenvalue weighted by Crippen LogP contribution is -2.49. The van der Waals surface area contributed by atoms with E-state index in [4.69, 9.17) is 0 Å². The Labute approximate surface area is 158 Å². The summed E-state index contributed by atoms with van der Waals surface area (Å²) in [6.07, 6.45) is 4.63. The van der Waals surface area contributed by atoms with E-state index in [-0.39, 0.29) is 16.4 Å². The molecule has 0 unspecified atom stereocenters. The van der Waals surface area contributed by atoms with Crippen LogP contribution in [0.3, 0.4) is 0 Å². The van der Waals surface area contributed by atoms with E-state index >= 15 is 0 Å². The summed E-state index contributed by atoms with van der Waals surface area (Å²) < 4.78 is 28.6. The molecule has 2 aliphatic carbocycles. The topological polar surface area (TPSA) is 37.8 Å². The van der Waals surface area contributed by atoms with Gasteiger partial charge in [-0.3, -0.25) is 0 Å². The summed E-state index contributed by atoms with van der Waals surface area (Å²) in [7, 11) is 0. The molecule has 1 N–H and O–H groups in total. The second kappa shape index (κ2) is 5.81. The number of hydrogen-bond acceptors (Lipinski definition) is 3. The molecule has 27 heavy (non-hydrogen) atoms. The molecule has 2 fully saturated rings. The standard InChI is InChI=1S/C22H25F2N3/c1-21(2)15-8-9-22(21,13-5-4-10-25-12-13)20-14(15)11-18(26-27-20)19-16(23)6-3-7-17(19)24/h3,6-7,11,13,15,25H,4-5,8-10,12H2,1-2H3/t13-,15-,22-/m0/s1. The molecule has 1 aromatic carbocycles. The maximum atomic E-state index is 14.3. The molecule has 5 rings (SSSR count). The summed E-state index contributed by atoms with van der Waals surface area (Å²) in [4.78, 5) is 0. The van der Waals surface area contributed by atoms with Crippen LogP contribution in [0, 0.1) is 23.0 Å². The zero-order valence-corrected chi connectivity index (χ0v) is 15.9. The van der Waals surface area contributed by atoms with Gasteiger partial charge in [-0.2, -0.15) is 10.2 Å². The average Bonchev–Trinajstić information content (AvgIpc) is 3.04. The second-order valence-electron chi connectivity index (χ2n) is 8.96. The van der Waals surface area contributed by atoms with E-state index in [1.54, 1.807) is 0 Å². The fourth-order valence-corrected chi connectivity index (χ4v) is 6.41. The van der Waals surface area contributed by atoms with Crippen LogP contribution in [0.15, 0.2) is 24.3 Å². The first-order valence-electron chi connectivity index (χ1n) is 10.00. The van der Waals surface area contributed by atoms with Crippen molar-refractivity contribution < 1.29 is 8.78 Å². The molecule has 2 bridgehead atoms. The first-order chi connectivity index (χ1) is 13.0. The Bertz CT molecular complexity index is 884. The summed E-state index contributed by atoms with van der Waals surface area (Å²) in [6, 6.07) is 5.84. The Hall–Kier alpha value is -1.88. The fraction of sp³-hybridized carbons (Fsp3) is 0.545. The molecular formula is C22H25F2N3. The molecular weight excluding hydrogens is 344 g/mol. The normalized spacial score (nSPS) is 31.1. The number of piperidine rings is 1. The SMILES string of the molecule is CC1(C)[C@H]2CC[C@]1([C@H]1CCCNC1)c1nnc(-c3c(F)cccc3F)cc12. The first kappa shape index (κ1) is 17.2. The molecule has 1 aromatic heterocycles. The zero-order valence-electron chi connectivity index (χ0n) is 15.9. The maximum Gasteiger partial charge on any atom is 0.135 e. The lowest BCUT2D eigenvalue weighted by Gasteiger charge is -2.46. The molecule has 3 atom stereocenters. The van der Waals surface area contributed by atoms with Crippen molar-refractivity contribution in [1.29, 1.82) is 0 Å². The van der Waals surface area contributed by atoms with Gasteiger partial charge in [-0.1, -0.05) is 19.9 Å². The van der Waals surface area contributed by atoms with Crippen LogP contribution in [0.5, 0.6) is 0 Å². The molecule has 2 heterocycles. The van der Waals surface area contributed by atoms with Gasteiger partial charge in [0, 0.05) is 5.41 Å². The van der Waals surface area contributed by atoms with Gasteiger partial charge in [-0.15, -0.1) is 0 Å². The third-order valence-electron chi connectivity index (χ3n) is 7.68. The quantitative estimate of drug-likeness (QED) is 0.842. The molecule has 1 saturated carbocycles. The van der Waals surface area contributed by atoms with Gasteiger partial charge in [-0.25, -0.2) is 8.78 Å². The van der Waals surface area contributed by atoms with E-state index < -0.39 is 11.6 Å². The van der Waals surface area contributed by atoms with Gasteiger partial charge >= 0.3 is 0 Å². The monoisotopic (exact) mass is 369 g/mol. The minimum absolute atomic E-state index is 0.0136. The van der Waals surface area contributed by atoms with Gasteiger partial charge in [0.25, 0.3) is 0 Å². The Kier molecular flexibility index (Phi) is 3.71. The van der Waals surface area contributed by atoms with Gasteiger partial charge in [-0.05, 0) is 79.8 Å². The molecule has 1 aliphatic heterocycles. The highest BCUT2D eigenvalue weighted by molar-refractivity contribution is 5.63. The summed E-state index contributed by atoms with van der Waals surface area (Å²) >= 11 is 0. The minimum Gasteiger partial charge on any atom is -0.316 e. The van der Waals surface area contributed by atoms with Gasteiger partial charge < -0.3 is 5.32 Å². The Morgan fingerprint density at radius 2 is 1.89 bits per heavy atom.